The number of nitrogens with zero attached hydrogens (tertiary/aromatic N) is 4. The molecule has 0 atom stereocenters. The summed E-state index contributed by atoms with van der Waals surface area (Å²) in [6.07, 6.45) is 3.79. The second-order valence-electron chi connectivity index (χ2n) is 4.58. The van der Waals surface area contributed by atoms with Crippen molar-refractivity contribution in [1.29, 1.82) is 0 Å². The minimum Gasteiger partial charge on any atom is -0.481 e. The number of anilines is 1. The van der Waals surface area contributed by atoms with Gasteiger partial charge in [-0.2, -0.15) is 0 Å². The lowest BCUT2D eigenvalue weighted by Crippen LogP contribution is -2.33. The summed E-state index contributed by atoms with van der Waals surface area (Å²) in [7, 11) is 0. The van der Waals surface area contributed by atoms with E-state index in [0.29, 0.717) is 18.6 Å². The van der Waals surface area contributed by atoms with Crippen molar-refractivity contribution >= 4 is 23.0 Å². The van der Waals surface area contributed by atoms with Gasteiger partial charge in [-0.1, -0.05) is 0 Å². The first-order valence-electron chi connectivity index (χ1n) is 6.22. The van der Waals surface area contributed by atoms with Crippen molar-refractivity contribution in [2.24, 2.45) is 0 Å². The molecule has 0 unspecified atom stereocenters. The van der Waals surface area contributed by atoms with Crippen LogP contribution in [0.2, 0.25) is 0 Å². The van der Waals surface area contributed by atoms with Crippen LogP contribution in [0.3, 0.4) is 0 Å². The van der Waals surface area contributed by atoms with Gasteiger partial charge in [-0.15, -0.1) is 0 Å². The monoisotopic (exact) mass is 263 g/mol. The third kappa shape index (κ3) is 2.98. The Morgan fingerprint density at radius 2 is 2.21 bits per heavy atom. The highest BCUT2D eigenvalue weighted by Gasteiger charge is 2.16. The quantitative estimate of drug-likeness (QED) is 0.818. The van der Waals surface area contributed by atoms with Gasteiger partial charge in [-0.3, -0.25) is 4.79 Å². The molecule has 0 aromatic carbocycles. The number of carbonyl (C=O) groups is 1. The first kappa shape index (κ1) is 13.3. The van der Waals surface area contributed by atoms with Crippen LogP contribution in [-0.2, 0) is 4.79 Å². The van der Waals surface area contributed by atoms with E-state index in [9.17, 15) is 4.79 Å². The molecule has 7 heteroatoms. The van der Waals surface area contributed by atoms with Crippen LogP contribution in [0.25, 0.3) is 11.2 Å². The molecule has 0 fully saturated rings. The van der Waals surface area contributed by atoms with E-state index < -0.39 is 5.97 Å². The van der Waals surface area contributed by atoms with Gasteiger partial charge < -0.3 is 15.0 Å². The maximum atomic E-state index is 10.6. The SMILES string of the molecule is CC(C)N(CCCC(=O)O)c1ncnc2nc[nH]c12. The molecule has 2 aromatic heterocycles. The summed E-state index contributed by atoms with van der Waals surface area (Å²) in [5.74, 6) is -0.0130. The summed E-state index contributed by atoms with van der Waals surface area (Å²) < 4.78 is 0. The summed E-state index contributed by atoms with van der Waals surface area (Å²) in [6, 6.07) is 0.218. The predicted molar refractivity (Wildman–Crippen MR) is 71.0 cm³/mol. The predicted octanol–water partition coefficient (Wildman–Crippen LogP) is 1.43. The molecular formula is C12H17N5O2. The van der Waals surface area contributed by atoms with Gasteiger partial charge in [0.25, 0.3) is 0 Å². The zero-order chi connectivity index (χ0) is 13.8. The molecule has 7 nitrogen and oxygen atoms in total. The average molecular weight is 263 g/mol. The first-order chi connectivity index (χ1) is 9.09. The fourth-order valence-electron chi connectivity index (χ4n) is 1.98. The lowest BCUT2D eigenvalue weighted by Gasteiger charge is -2.27. The van der Waals surface area contributed by atoms with Crippen molar-refractivity contribution in [3.8, 4) is 0 Å². The molecule has 2 heterocycles. The van der Waals surface area contributed by atoms with Crippen LogP contribution in [0.15, 0.2) is 12.7 Å². The Balaban J connectivity index is 2.23. The number of aromatic amines is 1. The minimum atomic E-state index is -0.780. The maximum absolute atomic E-state index is 10.6. The number of hydrogen-bond donors (Lipinski definition) is 2. The Morgan fingerprint density at radius 1 is 1.42 bits per heavy atom. The molecule has 0 saturated heterocycles. The number of rotatable bonds is 6. The normalized spacial score (nSPS) is 11.1. The molecule has 0 spiro atoms. The van der Waals surface area contributed by atoms with Gasteiger partial charge in [0.2, 0.25) is 0 Å². The highest BCUT2D eigenvalue weighted by atomic mass is 16.4. The molecular weight excluding hydrogens is 246 g/mol. The van der Waals surface area contributed by atoms with Gasteiger partial charge in [0.1, 0.15) is 11.8 Å². The van der Waals surface area contributed by atoms with Gasteiger partial charge in [0.15, 0.2) is 11.5 Å². The molecule has 2 rings (SSSR count). The molecule has 2 N–H and O–H groups in total. The number of carboxylic acid groups (broad SMARTS) is 1. The van der Waals surface area contributed by atoms with E-state index in [4.69, 9.17) is 5.11 Å². The van der Waals surface area contributed by atoms with Crippen molar-refractivity contribution in [2.45, 2.75) is 32.7 Å². The number of aromatic nitrogens is 4. The van der Waals surface area contributed by atoms with Crippen molar-refractivity contribution in [2.75, 3.05) is 11.4 Å². The van der Waals surface area contributed by atoms with E-state index in [1.807, 2.05) is 13.8 Å². The fourth-order valence-corrected chi connectivity index (χ4v) is 1.98. The number of aliphatic carboxylic acids is 1. The van der Waals surface area contributed by atoms with Gasteiger partial charge >= 0.3 is 5.97 Å². The van der Waals surface area contributed by atoms with E-state index in [1.54, 1.807) is 6.33 Å². The minimum absolute atomic E-state index is 0.153. The Kier molecular flexibility index (Phi) is 3.94. The van der Waals surface area contributed by atoms with Crippen LogP contribution in [-0.4, -0.2) is 43.6 Å². The topological polar surface area (TPSA) is 95.0 Å². The zero-order valence-electron chi connectivity index (χ0n) is 11.0. The Morgan fingerprint density at radius 3 is 2.89 bits per heavy atom. The van der Waals surface area contributed by atoms with Crippen molar-refractivity contribution in [1.82, 2.24) is 19.9 Å². The van der Waals surface area contributed by atoms with Crippen molar-refractivity contribution in [3.05, 3.63) is 12.7 Å². The summed E-state index contributed by atoms with van der Waals surface area (Å²) in [4.78, 5) is 28.2. The largest absolute Gasteiger partial charge is 0.481 e. The Bertz CT molecular complexity index is 566. The lowest BCUT2D eigenvalue weighted by molar-refractivity contribution is -0.137. The molecule has 2 aromatic rings. The number of hydrogen-bond acceptors (Lipinski definition) is 5. The summed E-state index contributed by atoms with van der Waals surface area (Å²) >= 11 is 0. The molecule has 0 saturated carbocycles. The molecule has 0 aliphatic heterocycles. The van der Waals surface area contributed by atoms with Gasteiger partial charge in [-0.05, 0) is 20.3 Å². The number of carboxylic acids is 1. The van der Waals surface area contributed by atoms with Crippen LogP contribution in [0.4, 0.5) is 5.82 Å². The van der Waals surface area contributed by atoms with Crippen LogP contribution in [0, 0.1) is 0 Å². The van der Waals surface area contributed by atoms with E-state index in [2.05, 4.69) is 24.8 Å². The standard InChI is InChI=1S/C12H17N5O2/c1-8(2)17(5-3-4-9(18)19)12-10-11(14-6-13-10)15-7-16-12/h6-8H,3-5H2,1-2H3,(H,18,19)(H,13,14,15,16). The molecule has 0 bridgehead atoms. The molecule has 0 aliphatic rings. The van der Waals surface area contributed by atoms with E-state index in [-0.39, 0.29) is 12.5 Å². The van der Waals surface area contributed by atoms with Crippen LogP contribution >= 0.6 is 0 Å². The molecule has 0 radical (unpaired) electrons. The average Bonchev–Trinajstić information content (AvgIpc) is 2.82. The first-order valence-corrected chi connectivity index (χ1v) is 6.22. The summed E-state index contributed by atoms with van der Waals surface area (Å²) in [5.41, 5.74) is 1.40. The summed E-state index contributed by atoms with van der Waals surface area (Å²) in [6.45, 7) is 4.73. The molecule has 0 aliphatic carbocycles. The number of imidazole rings is 1. The second-order valence-corrected chi connectivity index (χ2v) is 4.58. The number of fused-ring (bicyclic) bond motifs is 1. The van der Waals surface area contributed by atoms with Gasteiger partial charge in [-0.25, -0.2) is 15.0 Å². The third-order valence-electron chi connectivity index (χ3n) is 2.89. The van der Waals surface area contributed by atoms with E-state index in [0.717, 1.165) is 11.3 Å². The number of H-pyrrole nitrogens is 1. The second kappa shape index (κ2) is 5.64. The van der Waals surface area contributed by atoms with Crippen LogP contribution in [0.5, 0.6) is 0 Å². The highest BCUT2D eigenvalue weighted by Crippen LogP contribution is 2.21. The smallest absolute Gasteiger partial charge is 0.303 e. The van der Waals surface area contributed by atoms with Crippen LogP contribution in [0.1, 0.15) is 26.7 Å². The highest BCUT2D eigenvalue weighted by molar-refractivity contribution is 5.82. The van der Waals surface area contributed by atoms with Crippen molar-refractivity contribution < 1.29 is 9.90 Å². The Hall–Kier alpha value is -2.18. The maximum Gasteiger partial charge on any atom is 0.303 e. The molecule has 19 heavy (non-hydrogen) atoms. The fraction of sp³-hybridized carbons (Fsp3) is 0.500. The zero-order valence-corrected chi connectivity index (χ0v) is 11.0. The van der Waals surface area contributed by atoms with Crippen LogP contribution < -0.4 is 4.90 Å². The molecule has 102 valence electrons. The van der Waals surface area contributed by atoms with E-state index in [1.165, 1.54) is 6.33 Å². The van der Waals surface area contributed by atoms with E-state index >= 15 is 0 Å². The summed E-state index contributed by atoms with van der Waals surface area (Å²) in [5, 5.41) is 8.71. The lowest BCUT2D eigenvalue weighted by atomic mass is 10.2. The number of nitrogens with one attached hydrogen (secondary N) is 1. The van der Waals surface area contributed by atoms with Crippen molar-refractivity contribution in [3.63, 3.8) is 0 Å². The molecule has 0 amide bonds. The van der Waals surface area contributed by atoms with Gasteiger partial charge in [0, 0.05) is 19.0 Å². The Labute approximate surface area is 110 Å². The van der Waals surface area contributed by atoms with Gasteiger partial charge in [0.05, 0.1) is 6.33 Å². The third-order valence-corrected chi connectivity index (χ3v) is 2.89.